The molecule has 0 amide bonds. The Hall–Kier alpha value is -1.64. The molecule has 0 heterocycles. The third-order valence-corrected chi connectivity index (χ3v) is 3.58. The van der Waals surface area contributed by atoms with Crippen molar-refractivity contribution in [2.24, 2.45) is 0 Å². The molecule has 0 bridgehead atoms. The van der Waals surface area contributed by atoms with Gasteiger partial charge in [0, 0.05) is 0 Å². The predicted octanol–water partition coefficient (Wildman–Crippen LogP) is 5.98. The van der Waals surface area contributed by atoms with E-state index in [1.54, 1.807) is 0 Å². The fourth-order valence-corrected chi connectivity index (χ4v) is 2.19. The highest BCUT2D eigenvalue weighted by atomic mass is 16.5. The summed E-state index contributed by atoms with van der Waals surface area (Å²) in [6.45, 7) is 13.7. The molecule has 2 aromatic carbocycles. The van der Waals surface area contributed by atoms with Gasteiger partial charge in [-0.15, -0.1) is 0 Å². The van der Waals surface area contributed by atoms with Crippen molar-refractivity contribution in [3.8, 4) is 11.1 Å². The molecule has 2 nitrogen and oxygen atoms in total. The average Bonchev–Trinajstić information content (AvgIpc) is 2.51. The summed E-state index contributed by atoms with van der Waals surface area (Å²) in [5.74, 6) is 0. The van der Waals surface area contributed by atoms with Crippen LogP contribution in [-0.4, -0.2) is 11.2 Å². The van der Waals surface area contributed by atoms with Crippen LogP contribution in [0.4, 0.5) is 0 Å². The lowest BCUT2D eigenvalue weighted by atomic mass is 10.0. The normalized spacial score (nSPS) is 12.4. The molecule has 130 valence electrons. The van der Waals surface area contributed by atoms with Gasteiger partial charge < -0.3 is 9.47 Å². The quantitative estimate of drug-likeness (QED) is 0.672. The standard InChI is InChI=1S/C22H30O2/c1-21(2,3)23-15-17-7-11-19(12-8-17)20-13-9-18(10-14-20)16-24-22(4,5)6/h7-14H,15-16H2,1-6H3. The van der Waals surface area contributed by atoms with Crippen molar-refractivity contribution >= 4 is 0 Å². The Morgan fingerprint density at radius 3 is 1.08 bits per heavy atom. The van der Waals surface area contributed by atoms with Crippen LogP contribution < -0.4 is 0 Å². The van der Waals surface area contributed by atoms with Crippen LogP contribution in [0.5, 0.6) is 0 Å². The first kappa shape index (κ1) is 18.7. The molecule has 0 saturated heterocycles. The van der Waals surface area contributed by atoms with Crippen LogP contribution in [-0.2, 0) is 22.7 Å². The zero-order valence-corrected chi connectivity index (χ0v) is 15.8. The second-order valence-corrected chi connectivity index (χ2v) is 8.20. The Labute approximate surface area is 146 Å². The van der Waals surface area contributed by atoms with Crippen LogP contribution in [0.25, 0.3) is 11.1 Å². The highest BCUT2D eigenvalue weighted by Gasteiger charge is 2.11. The van der Waals surface area contributed by atoms with Gasteiger partial charge in [0.2, 0.25) is 0 Å². The van der Waals surface area contributed by atoms with Gasteiger partial charge in [-0.2, -0.15) is 0 Å². The maximum atomic E-state index is 5.82. The lowest BCUT2D eigenvalue weighted by Gasteiger charge is -2.20. The van der Waals surface area contributed by atoms with E-state index in [1.807, 2.05) is 0 Å². The van der Waals surface area contributed by atoms with Crippen LogP contribution in [0, 0.1) is 0 Å². The van der Waals surface area contributed by atoms with E-state index in [2.05, 4.69) is 90.1 Å². The van der Waals surface area contributed by atoms with Gasteiger partial charge in [-0.05, 0) is 63.8 Å². The Bertz CT molecular complexity index is 566. The van der Waals surface area contributed by atoms with Gasteiger partial charge in [-0.1, -0.05) is 48.5 Å². The van der Waals surface area contributed by atoms with Gasteiger partial charge in [0.05, 0.1) is 24.4 Å². The van der Waals surface area contributed by atoms with E-state index in [-0.39, 0.29) is 11.2 Å². The van der Waals surface area contributed by atoms with E-state index in [1.165, 1.54) is 22.3 Å². The van der Waals surface area contributed by atoms with Crippen LogP contribution in [0.2, 0.25) is 0 Å². The highest BCUT2D eigenvalue weighted by molar-refractivity contribution is 5.63. The zero-order chi connectivity index (χ0) is 17.8. The lowest BCUT2D eigenvalue weighted by Crippen LogP contribution is -2.18. The number of ether oxygens (including phenoxy) is 2. The summed E-state index contributed by atoms with van der Waals surface area (Å²) in [6.07, 6.45) is 0. The van der Waals surface area contributed by atoms with Gasteiger partial charge in [-0.3, -0.25) is 0 Å². The van der Waals surface area contributed by atoms with Crippen LogP contribution in [0.3, 0.4) is 0 Å². The second kappa shape index (κ2) is 7.50. The van der Waals surface area contributed by atoms with Crippen molar-refractivity contribution in [2.45, 2.75) is 66.0 Å². The van der Waals surface area contributed by atoms with Crippen LogP contribution >= 0.6 is 0 Å². The minimum Gasteiger partial charge on any atom is -0.371 e. The molecule has 24 heavy (non-hydrogen) atoms. The SMILES string of the molecule is CC(C)(C)OCc1ccc(-c2ccc(COC(C)(C)C)cc2)cc1. The Morgan fingerprint density at radius 2 is 0.833 bits per heavy atom. The van der Waals surface area contributed by atoms with Crippen molar-refractivity contribution in [1.82, 2.24) is 0 Å². The molecule has 0 saturated carbocycles. The third kappa shape index (κ3) is 6.46. The minimum atomic E-state index is -0.108. The largest absolute Gasteiger partial charge is 0.371 e. The summed E-state index contributed by atoms with van der Waals surface area (Å²) >= 11 is 0. The van der Waals surface area contributed by atoms with Crippen molar-refractivity contribution < 1.29 is 9.47 Å². The van der Waals surface area contributed by atoms with E-state index in [9.17, 15) is 0 Å². The van der Waals surface area contributed by atoms with Gasteiger partial charge in [0.25, 0.3) is 0 Å². The average molecular weight is 326 g/mol. The molecule has 0 aliphatic rings. The van der Waals surface area contributed by atoms with Crippen molar-refractivity contribution in [3.63, 3.8) is 0 Å². The maximum Gasteiger partial charge on any atom is 0.0724 e. The minimum absolute atomic E-state index is 0.108. The molecule has 0 N–H and O–H groups in total. The molecular formula is C22H30O2. The summed E-state index contributed by atoms with van der Waals surface area (Å²) in [7, 11) is 0. The molecular weight excluding hydrogens is 296 g/mol. The van der Waals surface area contributed by atoms with E-state index < -0.39 is 0 Å². The molecule has 2 rings (SSSR count). The molecule has 2 heteroatoms. The maximum absolute atomic E-state index is 5.82. The van der Waals surface area contributed by atoms with E-state index in [0.717, 1.165) is 0 Å². The molecule has 0 aliphatic heterocycles. The highest BCUT2D eigenvalue weighted by Crippen LogP contribution is 2.22. The number of hydrogen-bond acceptors (Lipinski definition) is 2. The van der Waals surface area contributed by atoms with Gasteiger partial charge in [-0.25, -0.2) is 0 Å². The number of rotatable bonds is 5. The molecule has 0 aliphatic carbocycles. The lowest BCUT2D eigenvalue weighted by molar-refractivity contribution is -0.0152. The molecule has 0 radical (unpaired) electrons. The number of hydrogen-bond donors (Lipinski definition) is 0. The monoisotopic (exact) mass is 326 g/mol. The fraction of sp³-hybridized carbons (Fsp3) is 0.455. The second-order valence-electron chi connectivity index (χ2n) is 8.20. The van der Waals surface area contributed by atoms with Gasteiger partial charge >= 0.3 is 0 Å². The molecule has 0 atom stereocenters. The summed E-state index contributed by atoms with van der Waals surface area (Å²) in [5.41, 5.74) is 4.62. The topological polar surface area (TPSA) is 18.5 Å². The van der Waals surface area contributed by atoms with E-state index in [0.29, 0.717) is 13.2 Å². The smallest absolute Gasteiger partial charge is 0.0724 e. The zero-order valence-electron chi connectivity index (χ0n) is 15.8. The number of benzene rings is 2. The predicted molar refractivity (Wildman–Crippen MR) is 101 cm³/mol. The van der Waals surface area contributed by atoms with Crippen molar-refractivity contribution in [1.29, 1.82) is 0 Å². The van der Waals surface area contributed by atoms with E-state index >= 15 is 0 Å². The van der Waals surface area contributed by atoms with Crippen LogP contribution in [0.15, 0.2) is 48.5 Å². The Balaban J connectivity index is 1.99. The van der Waals surface area contributed by atoms with Crippen LogP contribution in [0.1, 0.15) is 52.7 Å². The molecule has 0 aromatic heterocycles. The molecule has 0 fully saturated rings. The molecule has 2 aromatic rings. The van der Waals surface area contributed by atoms with Gasteiger partial charge in [0.1, 0.15) is 0 Å². The molecule has 0 unspecified atom stereocenters. The van der Waals surface area contributed by atoms with E-state index in [4.69, 9.17) is 9.47 Å². The van der Waals surface area contributed by atoms with Crippen molar-refractivity contribution in [3.05, 3.63) is 59.7 Å². The summed E-state index contributed by atoms with van der Waals surface area (Å²) in [5, 5.41) is 0. The Kier molecular flexibility index (Phi) is 5.84. The third-order valence-electron chi connectivity index (χ3n) is 3.58. The Morgan fingerprint density at radius 1 is 0.542 bits per heavy atom. The first-order valence-electron chi connectivity index (χ1n) is 8.59. The molecule has 0 spiro atoms. The summed E-state index contributed by atoms with van der Waals surface area (Å²) in [6, 6.07) is 17.2. The van der Waals surface area contributed by atoms with Crippen molar-refractivity contribution in [2.75, 3.05) is 0 Å². The summed E-state index contributed by atoms with van der Waals surface area (Å²) < 4.78 is 11.6. The summed E-state index contributed by atoms with van der Waals surface area (Å²) in [4.78, 5) is 0. The first-order valence-corrected chi connectivity index (χ1v) is 8.59. The first-order chi connectivity index (χ1) is 11.1. The van der Waals surface area contributed by atoms with Gasteiger partial charge in [0.15, 0.2) is 0 Å². The fourth-order valence-electron chi connectivity index (χ4n) is 2.19.